The molecule has 142 valence electrons. The fraction of sp³-hybridized carbons (Fsp3) is 0.471. The monoisotopic (exact) mass is 386 g/mol. The fourth-order valence-corrected chi connectivity index (χ4v) is 2.20. The second-order valence-electron chi connectivity index (χ2n) is 6.58. The number of benzene rings is 1. The molecule has 0 N–H and O–H groups in total. The zero-order valence-corrected chi connectivity index (χ0v) is 15.9. The molecule has 1 atom stereocenters. The van der Waals surface area contributed by atoms with Crippen molar-refractivity contribution in [1.29, 1.82) is 0 Å². The highest BCUT2D eigenvalue weighted by Gasteiger charge is 2.25. The molecule has 9 heteroatoms. The van der Waals surface area contributed by atoms with Gasteiger partial charge in [-0.25, -0.2) is 14.0 Å². The number of carbonyl (C=O) groups is 1. The van der Waals surface area contributed by atoms with E-state index in [1.54, 1.807) is 27.7 Å². The van der Waals surface area contributed by atoms with Crippen LogP contribution in [0.1, 0.15) is 40.5 Å². The minimum Gasteiger partial charge on any atom is -0.477 e. The topological polar surface area (TPSA) is 83.6 Å². The van der Waals surface area contributed by atoms with Crippen LogP contribution in [0.2, 0.25) is 5.02 Å². The van der Waals surface area contributed by atoms with Crippen LogP contribution in [0.15, 0.2) is 21.3 Å². The van der Waals surface area contributed by atoms with E-state index in [0.29, 0.717) is 0 Å². The van der Waals surface area contributed by atoms with Gasteiger partial charge in [-0.05, 0) is 19.9 Å². The summed E-state index contributed by atoms with van der Waals surface area (Å²) >= 11 is 5.98. The van der Waals surface area contributed by atoms with Crippen LogP contribution < -0.4 is 10.5 Å². The van der Waals surface area contributed by atoms with Gasteiger partial charge in [-0.3, -0.25) is 0 Å². The molecule has 0 aliphatic rings. The highest BCUT2D eigenvalue weighted by atomic mass is 35.5. The van der Waals surface area contributed by atoms with Crippen LogP contribution in [-0.2, 0) is 14.9 Å². The summed E-state index contributed by atoms with van der Waals surface area (Å²) in [6, 6.07) is 2.16. The number of rotatable bonds is 5. The maximum absolute atomic E-state index is 14.3. The van der Waals surface area contributed by atoms with Crippen molar-refractivity contribution in [2.75, 3.05) is 6.61 Å². The Hall–Kier alpha value is -2.35. The summed E-state index contributed by atoms with van der Waals surface area (Å²) in [5, 5.41) is 3.97. The van der Waals surface area contributed by atoms with Gasteiger partial charge in [0.15, 0.2) is 11.9 Å². The van der Waals surface area contributed by atoms with Crippen molar-refractivity contribution in [2.24, 2.45) is 0 Å². The number of hydrogen-bond donors (Lipinski definition) is 0. The molecule has 0 saturated carbocycles. The Morgan fingerprint density at radius 2 is 2.08 bits per heavy atom. The van der Waals surface area contributed by atoms with E-state index >= 15 is 0 Å². The summed E-state index contributed by atoms with van der Waals surface area (Å²) in [5.74, 6) is -2.07. The van der Waals surface area contributed by atoms with Crippen molar-refractivity contribution in [1.82, 2.24) is 9.78 Å². The summed E-state index contributed by atoms with van der Waals surface area (Å²) in [5.41, 5.74) is -0.741. The predicted molar refractivity (Wildman–Crippen MR) is 92.5 cm³/mol. The normalized spacial score (nSPS) is 12.7. The standard InChI is InChI=1S/C17H20ClFN2O5/c1-6-24-14(22)9(2)25-13-8-12(11(19)7-10(13)18)21-16(23)26-15(20-21)17(3,4)5/h7-9H,6H2,1-5H3. The quantitative estimate of drug-likeness (QED) is 0.733. The molecule has 1 aromatic heterocycles. The molecule has 0 saturated heterocycles. The smallest absolute Gasteiger partial charge is 0.442 e. The van der Waals surface area contributed by atoms with Crippen molar-refractivity contribution in [3.05, 3.63) is 39.4 Å². The maximum atomic E-state index is 14.3. The molecule has 0 bridgehead atoms. The van der Waals surface area contributed by atoms with Gasteiger partial charge in [0.2, 0.25) is 5.89 Å². The molecule has 0 radical (unpaired) electrons. The summed E-state index contributed by atoms with van der Waals surface area (Å²) in [6.07, 6.45) is -0.968. The van der Waals surface area contributed by atoms with E-state index in [0.717, 1.165) is 10.7 Å². The Balaban J connectivity index is 2.44. The highest BCUT2D eigenvalue weighted by Crippen LogP contribution is 2.30. The van der Waals surface area contributed by atoms with E-state index < -0.39 is 29.1 Å². The Kier molecular flexibility index (Phi) is 5.75. The predicted octanol–water partition coefficient (Wildman–Crippen LogP) is 3.25. The minimum atomic E-state index is -0.968. The molecule has 2 aromatic rings. The first-order chi connectivity index (χ1) is 12.0. The van der Waals surface area contributed by atoms with Crippen LogP contribution in [0.4, 0.5) is 4.39 Å². The molecule has 7 nitrogen and oxygen atoms in total. The van der Waals surface area contributed by atoms with Crippen LogP contribution in [0.5, 0.6) is 5.75 Å². The average molecular weight is 387 g/mol. The van der Waals surface area contributed by atoms with Crippen molar-refractivity contribution in [2.45, 2.75) is 46.1 Å². The average Bonchev–Trinajstić information content (AvgIpc) is 2.92. The van der Waals surface area contributed by atoms with Crippen LogP contribution in [0.25, 0.3) is 5.69 Å². The van der Waals surface area contributed by atoms with Crippen molar-refractivity contribution >= 4 is 17.6 Å². The number of nitrogens with zero attached hydrogens (tertiary/aromatic N) is 2. The zero-order valence-electron chi connectivity index (χ0n) is 15.1. The van der Waals surface area contributed by atoms with Gasteiger partial charge >= 0.3 is 11.7 Å². The first-order valence-electron chi connectivity index (χ1n) is 7.98. The van der Waals surface area contributed by atoms with Gasteiger partial charge in [0, 0.05) is 11.5 Å². The number of ether oxygens (including phenoxy) is 2. The molecule has 2 rings (SSSR count). The van der Waals surface area contributed by atoms with Gasteiger partial charge in [0.1, 0.15) is 11.4 Å². The molecule has 1 aromatic carbocycles. The lowest BCUT2D eigenvalue weighted by atomic mass is 9.97. The van der Waals surface area contributed by atoms with Crippen LogP contribution in [0.3, 0.4) is 0 Å². The Bertz CT molecular complexity index is 869. The van der Waals surface area contributed by atoms with E-state index in [9.17, 15) is 14.0 Å². The van der Waals surface area contributed by atoms with Gasteiger partial charge in [-0.2, -0.15) is 4.68 Å². The fourth-order valence-electron chi connectivity index (χ4n) is 2.00. The third-order valence-corrected chi connectivity index (χ3v) is 3.64. The van der Waals surface area contributed by atoms with E-state index in [2.05, 4.69) is 5.10 Å². The molecule has 0 aliphatic carbocycles. The number of halogens is 2. The van der Waals surface area contributed by atoms with Gasteiger partial charge in [0.05, 0.1) is 11.6 Å². The van der Waals surface area contributed by atoms with Gasteiger partial charge in [-0.1, -0.05) is 32.4 Å². The summed E-state index contributed by atoms with van der Waals surface area (Å²) in [4.78, 5) is 23.8. The zero-order chi connectivity index (χ0) is 19.6. The molecule has 1 heterocycles. The molecule has 0 spiro atoms. The third kappa shape index (κ3) is 4.24. The lowest BCUT2D eigenvalue weighted by molar-refractivity contribution is -0.150. The SMILES string of the molecule is CCOC(=O)C(C)Oc1cc(-n2nc(C(C)(C)C)oc2=O)c(F)cc1Cl. The Labute approximate surface area is 154 Å². The van der Waals surface area contributed by atoms with E-state index in [1.807, 2.05) is 0 Å². The van der Waals surface area contributed by atoms with Gasteiger partial charge in [-0.15, -0.1) is 5.10 Å². The van der Waals surface area contributed by atoms with Gasteiger partial charge in [0.25, 0.3) is 0 Å². The Morgan fingerprint density at radius 3 is 2.62 bits per heavy atom. The maximum Gasteiger partial charge on any atom is 0.442 e. The number of esters is 1. The number of carbonyl (C=O) groups excluding carboxylic acids is 1. The van der Waals surface area contributed by atoms with Gasteiger partial charge < -0.3 is 13.9 Å². The van der Waals surface area contributed by atoms with Crippen LogP contribution in [-0.4, -0.2) is 28.5 Å². The van der Waals surface area contributed by atoms with E-state index in [4.69, 9.17) is 25.5 Å². The summed E-state index contributed by atoms with van der Waals surface area (Å²) in [7, 11) is 0. The van der Waals surface area contributed by atoms with Crippen LogP contribution >= 0.6 is 11.6 Å². The second kappa shape index (κ2) is 7.49. The third-order valence-electron chi connectivity index (χ3n) is 3.34. The first-order valence-corrected chi connectivity index (χ1v) is 8.35. The van der Waals surface area contributed by atoms with Crippen molar-refractivity contribution in [3.8, 4) is 11.4 Å². The van der Waals surface area contributed by atoms with Crippen molar-refractivity contribution < 1.29 is 23.1 Å². The molecular formula is C17H20ClFN2O5. The van der Waals surface area contributed by atoms with E-state index in [1.165, 1.54) is 13.0 Å². The van der Waals surface area contributed by atoms with Crippen molar-refractivity contribution in [3.63, 3.8) is 0 Å². The second-order valence-corrected chi connectivity index (χ2v) is 6.99. The highest BCUT2D eigenvalue weighted by molar-refractivity contribution is 6.32. The van der Waals surface area contributed by atoms with E-state index in [-0.39, 0.29) is 29.0 Å². The molecule has 26 heavy (non-hydrogen) atoms. The lowest BCUT2D eigenvalue weighted by Crippen LogP contribution is -2.26. The molecule has 0 aliphatic heterocycles. The molecule has 0 amide bonds. The summed E-state index contributed by atoms with van der Waals surface area (Å²) in [6.45, 7) is 8.73. The number of aromatic nitrogens is 2. The van der Waals surface area contributed by atoms with Crippen LogP contribution in [0, 0.1) is 5.82 Å². The lowest BCUT2D eigenvalue weighted by Gasteiger charge is -2.15. The minimum absolute atomic E-state index is 0.0100. The summed E-state index contributed by atoms with van der Waals surface area (Å²) < 4.78 is 30.5. The molecule has 1 unspecified atom stereocenters. The molecular weight excluding hydrogens is 367 g/mol. The Morgan fingerprint density at radius 1 is 1.42 bits per heavy atom. The molecule has 0 fully saturated rings. The number of hydrogen-bond acceptors (Lipinski definition) is 6. The largest absolute Gasteiger partial charge is 0.477 e. The first kappa shape index (κ1) is 20.0.